The molecular formula is C42H36N2O7. The predicted molar refractivity (Wildman–Crippen MR) is 197 cm³/mol. The molecule has 0 unspecified atom stereocenters. The van der Waals surface area contributed by atoms with Crippen LogP contribution in [0.5, 0.6) is 23.0 Å². The maximum Gasteiger partial charge on any atom is 0.411 e. The van der Waals surface area contributed by atoms with Gasteiger partial charge in [0.15, 0.2) is 0 Å². The van der Waals surface area contributed by atoms with Crippen molar-refractivity contribution >= 4 is 23.6 Å². The van der Waals surface area contributed by atoms with E-state index in [0.29, 0.717) is 45.1 Å². The van der Waals surface area contributed by atoms with Crippen molar-refractivity contribution in [2.45, 2.75) is 27.1 Å². The van der Waals surface area contributed by atoms with Gasteiger partial charge in [-0.25, -0.2) is 9.59 Å². The summed E-state index contributed by atoms with van der Waals surface area (Å²) in [6, 6.07) is 38.9. The van der Waals surface area contributed by atoms with E-state index in [4.69, 9.17) is 14.2 Å². The van der Waals surface area contributed by atoms with Gasteiger partial charge >= 0.3 is 12.2 Å². The van der Waals surface area contributed by atoms with E-state index in [1.54, 1.807) is 84.9 Å². The summed E-state index contributed by atoms with van der Waals surface area (Å²) in [6.07, 6.45) is -1.32. The van der Waals surface area contributed by atoms with Crippen molar-refractivity contribution in [3.63, 3.8) is 0 Å². The molecule has 6 aromatic rings. The number of phenols is 2. The molecule has 0 saturated carbocycles. The second-order valence-electron chi connectivity index (χ2n) is 11.9. The number of amides is 2. The number of phenolic OH excluding ortho intramolecular Hbond substituents is 2. The van der Waals surface area contributed by atoms with Crippen LogP contribution in [0.25, 0.3) is 22.3 Å². The molecule has 0 spiro atoms. The fraction of sp³-hybridized carbons (Fsp3) is 0.0952. The fourth-order valence-electron chi connectivity index (χ4n) is 5.60. The van der Waals surface area contributed by atoms with Crippen LogP contribution in [0.1, 0.15) is 22.3 Å². The lowest BCUT2D eigenvalue weighted by Gasteiger charge is -2.20. The highest BCUT2D eigenvalue weighted by molar-refractivity contribution is 5.96. The Morgan fingerprint density at radius 2 is 0.922 bits per heavy atom. The lowest BCUT2D eigenvalue weighted by molar-refractivity contribution is 0.154. The van der Waals surface area contributed by atoms with Crippen LogP contribution in [-0.4, -0.2) is 22.4 Å². The van der Waals surface area contributed by atoms with E-state index in [1.165, 1.54) is 0 Å². The SMILES string of the molecule is Cc1cccc(COC(=O)Nc2cccc(Oc3cccc(NC(=O)OCc4cccc(C)c4)c3-c3ccc(O)cc3)c2-c2ccc(O)cc2)c1. The van der Waals surface area contributed by atoms with E-state index in [2.05, 4.69) is 10.6 Å². The summed E-state index contributed by atoms with van der Waals surface area (Å²) < 4.78 is 17.7. The van der Waals surface area contributed by atoms with Crippen molar-refractivity contribution in [3.05, 3.63) is 156 Å². The molecule has 0 atom stereocenters. The summed E-state index contributed by atoms with van der Waals surface area (Å²) in [6.45, 7) is 4.11. The van der Waals surface area contributed by atoms with Gasteiger partial charge in [-0.2, -0.15) is 0 Å². The zero-order chi connectivity index (χ0) is 35.7. The highest BCUT2D eigenvalue weighted by Crippen LogP contribution is 2.44. The van der Waals surface area contributed by atoms with Crippen LogP contribution in [0.2, 0.25) is 0 Å². The Labute approximate surface area is 295 Å². The van der Waals surface area contributed by atoms with Crippen molar-refractivity contribution in [1.82, 2.24) is 0 Å². The Kier molecular flexibility index (Phi) is 10.5. The van der Waals surface area contributed by atoms with E-state index in [0.717, 1.165) is 22.3 Å². The minimum Gasteiger partial charge on any atom is -0.508 e. The minimum atomic E-state index is -0.658. The minimum absolute atomic E-state index is 0.0758. The van der Waals surface area contributed by atoms with Crippen molar-refractivity contribution in [1.29, 1.82) is 0 Å². The van der Waals surface area contributed by atoms with Gasteiger partial charge in [-0.15, -0.1) is 0 Å². The Balaban J connectivity index is 1.33. The molecule has 6 aromatic carbocycles. The molecule has 0 aliphatic carbocycles. The monoisotopic (exact) mass is 680 g/mol. The molecule has 0 saturated heterocycles. The van der Waals surface area contributed by atoms with Gasteiger partial charge in [0.25, 0.3) is 0 Å². The fourth-order valence-corrected chi connectivity index (χ4v) is 5.60. The average Bonchev–Trinajstić information content (AvgIpc) is 3.11. The second-order valence-corrected chi connectivity index (χ2v) is 11.9. The number of aromatic hydroxyl groups is 2. The predicted octanol–water partition coefficient (Wildman–Crippen LogP) is 10.3. The number of hydrogen-bond donors (Lipinski definition) is 4. The van der Waals surface area contributed by atoms with Crippen LogP contribution in [0.4, 0.5) is 21.0 Å². The van der Waals surface area contributed by atoms with E-state index < -0.39 is 12.2 Å². The molecule has 0 radical (unpaired) electrons. The number of nitrogens with one attached hydrogen (secondary N) is 2. The largest absolute Gasteiger partial charge is 0.508 e. The van der Waals surface area contributed by atoms with Crippen molar-refractivity contribution in [3.8, 4) is 45.3 Å². The van der Waals surface area contributed by atoms with Crippen molar-refractivity contribution in [2.75, 3.05) is 10.6 Å². The first-order chi connectivity index (χ1) is 24.7. The summed E-state index contributed by atoms with van der Waals surface area (Å²) in [4.78, 5) is 26.1. The molecule has 0 aromatic heterocycles. The number of ether oxygens (including phenoxy) is 3. The van der Waals surface area contributed by atoms with Crippen LogP contribution in [-0.2, 0) is 22.7 Å². The zero-order valence-electron chi connectivity index (χ0n) is 28.1. The number of carbonyl (C=O) groups excluding carboxylic acids is 2. The normalized spacial score (nSPS) is 10.6. The molecule has 0 fully saturated rings. The lowest BCUT2D eigenvalue weighted by Crippen LogP contribution is -2.15. The van der Waals surface area contributed by atoms with Crippen LogP contribution in [0.15, 0.2) is 133 Å². The second kappa shape index (κ2) is 15.7. The molecular weight excluding hydrogens is 644 g/mol. The van der Waals surface area contributed by atoms with Crippen LogP contribution in [0.3, 0.4) is 0 Å². The van der Waals surface area contributed by atoms with Crippen LogP contribution < -0.4 is 15.4 Å². The quantitative estimate of drug-likeness (QED) is 0.113. The third-order valence-corrected chi connectivity index (χ3v) is 7.96. The molecule has 4 N–H and O–H groups in total. The summed E-state index contributed by atoms with van der Waals surface area (Å²) in [7, 11) is 0. The standard InChI is InChI=1S/C42H36N2O7/c1-27-7-3-9-29(23-27)25-49-41(47)43-35-11-5-13-37(39(35)31-15-19-33(45)20-16-31)51-38-14-6-12-36(40(38)32-17-21-34(46)22-18-32)44-42(48)50-26-30-10-4-8-28(2)24-30/h3-24,45-46H,25-26H2,1-2H3,(H,43,47)(H,44,48). The number of aryl methyl sites for hydroxylation is 2. The number of rotatable bonds is 10. The molecule has 9 heteroatoms. The van der Waals surface area contributed by atoms with E-state index >= 15 is 0 Å². The summed E-state index contributed by atoms with van der Waals surface area (Å²) >= 11 is 0. The summed E-state index contributed by atoms with van der Waals surface area (Å²) in [5, 5.41) is 25.8. The van der Waals surface area contributed by atoms with E-state index in [-0.39, 0.29) is 24.7 Å². The first-order valence-corrected chi connectivity index (χ1v) is 16.2. The summed E-state index contributed by atoms with van der Waals surface area (Å²) in [5.74, 6) is 0.895. The topological polar surface area (TPSA) is 126 Å². The van der Waals surface area contributed by atoms with E-state index in [1.807, 2.05) is 62.4 Å². The zero-order valence-corrected chi connectivity index (χ0v) is 28.1. The van der Waals surface area contributed by atoms with Crippen LogP contribution in [0, 0.1) is 13.8 Å². The van der Waals surface area contributed by atoms with Crippen molar-refractivity contribution < 1.29 is 34.0 Å². The Morgan fingerprint density at radius 1 is 0.529 bits per heavy atom. The molecule has 2 amide bonds. The Bertz CT molecular complexity index is 2010. The third kappa shape index (κ3) is 8.84. The highest BCUT2D eigenvalue weighted by atomic mass is 16.6. The van der Waals surface area contributed by atoms with Crippen molar-refractivity contribution in [2.24, 2.45) is 0 Å². The third-order valence-electron chi connectivity index (χ3n) is 7.96. The Morgan fingerprint density at radius 3 is 1.31 bits per heavy atom. The molecule has 9 nitrogen and oxygen atoms in total. The maximum absolute atomic E-state index is 13.1. The van der Waals surface area contributed by atoms with Gasteiger partial charge in [0, 0.05) is 11.1 Å². The maximum atomic E-state index is 13.1. The molecule has 0 aliphatic rings. The molecule has 6 rings (SSSR count). The van der Waals surface area contributed by atoms with Gasteiger partial charge in [0.05, 0.1) is 11.4 Å². The molecule has 51 heavy (non-hydrogen) atoms. The lowest BCUT2D eigenvalue weighted by atomic mass is 10.0. The summed E-state index contributed by atoms with van der Waals surface area (Å²) in [5.41, 5.74) is 7.00. The van der Waals surface area contributed by atoms with Gasteiger partial charge < -0.3 is 24.4 Å². The van der Waals surface area contributed by atoms with Gasteiger partial charge in [-0.1, -0.05) is 96.1 Å². The number of hydrogen-bond acceptors (Lipinski definition) is 7. The molecule has 0 aliphatic heterocycles. The molecule has 0 heterocycles. The number of carbonyl (C=O) groups is 2. The van der Waals surface area contributed by atoms with Gasteiger partial charge in [-0.3, -0.25) is 10.6 Å². The van der Waals surface area contributed by atoms with Gasteiger partial charge in [0.2, 0.25) is 0 Å². The highest BCUT2D eigenvalue weighted by Gasteiger charge is 2.20. The smallest absolute Gasteiger partial charge is 0.411 e. The number of benzene rings is 6. The molecule has 256 valence electrons. The van der Waals surface area contributed by atoms with Crippen LogP contribution >= 0.6 is 0 Å². The Hall–Kier alpha value is -6.74. The first kappa shape index (κ1) is 34.1. The first-order valence-electron chi connectivity index (χ1n) is 16.2. The van der Waals surface area contributed by atoms with E-state index in [9.17, 15) is 19.8 Å². The molecule has 0 bridgehead atoms. The van der Waals surface area contributed by atoms with Gasteiger partial charge in [0.1, 0.15) is 36.2 Å². The average molecular weight is 681 g/mol. The number of anilines is 2. The van der Waals surface area contributed by atoms with Gasteiger partial charge in [-0.05, 0) is 84.6 Å².